The zero-order valence-corrected chi connectivity index (χ0v) is 14.7. The fourth-order valence-electron chi connectivity index (χ4n) is 1.93. The lowest BCUT2D eigenvalue weighted by molar-refractivity contribution is -0.123. The third kappa shape index (κ3) is 5.21. The highest BCUT2D eigenvalue weighted by Crippen LogP contribution is 2.13. The number of rotatable bonds is 6. The molecule has 0 unspecified atom stereocenters. The topological polar surface area (TPSA) is 74.5 Å². The number of carbonyl (C=O) groups excluding carboxylic acids is 1. The van der Waals surface area contributed by atoms with Crippen LogP contribution in [0, 0.1) is 11.3 Å². The molecule has 0 aromatic heterocycles. The van der Waals surface area contributed by atoms with Gasteiger partial charge in [-0.2, -0.15) is 10.4 Å². The lowest BCUT2D eigenvalue weighted by Crippen LogP contribution is -2.26. The van der Waals surface area contributed by atoms with Crippen LogP contribution < -0.4 is 10.2 Å². The first-order valence-corrected chi connectivity index (χ1v) is 8.16. The molecule has 0 fully saturated rings. The van der Waals surface area contributed by atoms with Crippen molar-refractivity contribution in [3.05, 3.63) is 64.1 Å². The van der Waals surface area contributed by atoms with Gasteiger partial charge in [0.05, 0.1) is 17.3 Å². The summed E-state index contributed by atoms with van der Waals surface area (Å²) in [7, 11) is 0. The van der Waals surface area contributed by atoms with E-state index in [9.17, 15) is 4.79 Å². The third-order valence-corrected chi connectivity index (χ3v) is 3.71. The molecule has 0 spiro atoms. The maximum absolute atomic E-state index is 11.8. The van der Waals surface area contributed by atoms with Crippen LogP contribution in [0.25, 0.3) is 0 Å². The van der Waals surface area contributed by atoms with Gasteiger partial charge in [-0.15, -0.1) is 0 Å². The SMILES string of the molecule is CC/C(=N/NC(=O)COc1ccc(C#N)cc1)c1ccc(Br)cc1. The molecule has 6 heteroatoms. The molecule has 0 aliphatic rings. The van der Waals surface area contributed by atoms with Crippen molar-refractivity contribution in [2.45, 2.75) is 13.3 Å². The van der Waals surface area contributed by atoms with Crippen molar-refractivity contribution in [2.24, 2.45) is 5.10 Å². The van der Waals surface area contributed by atoms with Crippen molar-refractivity contribution < 1.29 is 9.53 Å². The molecule has 0 heterocycles. The Balaban J connectivity index is 1.90. The molecule has 0 saturated heterocycles. The Kier molecular flexibility index (Phi) is 6.52. The van der Waals surface area contributed by atoms with Gasteiger partial charge < -0.3 is 4.74 Å². The summed E-state index contributed by atoms with van der Waals surface area (Å²) in [5.41, 5.74) is 4.78. The van der Waals surface area contributed by atoms with E-state index in [0.717, 1.165) is 15.7 Å². The fourth-order valence-corrected chi connectivity index (χ4v) is 2.19. The molecule has 24 heavy (non-hydrogen) atoms. The van der Waals surface area contributed by atoms with Crippen LogP contribution in [-0.4, -0.2) is 18.2 Å². The maximum Gasteiger partial charge on any atom is 0.277 e. The van der Waals surface area contributed by atoms with Gasteiger partial charge in [0.2, 0.25) is 0 Å². The van der Waals surface area contributed by atoms with Gasteiger partial charge in [0.1, 0.15) is 5.75 Å². The average molecular weight is 386 g/mol. The van der Waals surface area contributed by atoms with E-state index in [-0.39, 0.29) is 12.5 Å². The van der Waals surface area contributed by atoms with Crippen LogP contribution in [0.5, 0.6) is 5.75 Å². The number of amides is 1. The molecule has 122 valence electrons. The predicted octanol–water partition coefficient (Wildman–Crippen LogP) is 3.63. The van der Waals surface area contributed by atoms with Gasteiger partial charge in [-0.1, -0.05) is 35.0 Å². The Bertz CT molecular complexity index is 762. The average Bonchev–Trinajstić information content (AvgIpc) is 2.62. The molecule has 0 bridgehead atoms. The number of benzene rings is 2. The molecule has 2 rings (SSSR count). The second-order valence-electron chi connectivity index (χ2n) is 4.88. The van der Waals surface area contributed by atoms with E-state index in [1.807, 2.05) is 37.3 Å². The summed E-state index contributed by atoms with van der Waals surface area (Å²) in [5, 5.41) is 12.9. The molecule has 5 nitrogen and oxygen atoms in total. The van der Waals surface area contributed by atoms with Gasteiger partial charge in [0.15, 0.2) is 6.61 Å². The van der Waals surface area contributed by atoms with E-state index in [4.69, 9.17) is 10.00 Å². The van der Waals surface area contributed by atoms with Gasteiger partial charge in [-0.05, 0) is 48.4 Å². The smallest absolute Gasteiger partial charge is 0.277 e. The van der Waals surface area contributed by atoms with Crippen molar-refractivity contribution in [3.63, 3.8) is 0 Å². The minimum atomic E-state index is -0.345. The summed E-state index contributed by atoms with van der Waals surface area (Å²) in [6.07, 6.45) is 0.693. The van der Waals surface area contributed by atoms with Crippen molar-refractivity contribution in [3.8, 4) is 11.8 Å². The second-order valence-corrected chi connectivity index (χ2v) is 5.79. The second kappa shape index (κ2) is 8.85. The fraction of sp³-hybridized carbons (Fsp3) is 0.167. The molecule has 0 radical (unpaired) electrons. The summed E-state index contributed by atoms with van der Waals surface area (Å²) in [6, 6.07) is 16.3. The van der Waals surface area contributed by atoms with E-state index >= 15 is 0 Å². The van der Waals surface area contributed by atoms with Crippen LogP contribution in [-0.2, 0) is 4.79 Å². The zero-order valence-electron chi connectivity index (χ0n) is 13.1. The number of nitrogens with one attached hydrogen (secondary N) is 1. The maximum atomic E-state index is 11.8. The zero-order chi connectivity index (χ0) is 17.4. The molecule has 0 aliphatic heterocycles. The van der Waals surface area contributed by atoms with Gasteiger partial charge in [-0.3, -0.25) is 4.79 Å². The quantitative estimate of drug-likeness (QED) is 0.609. The highest BCUT2D eigenvalue weighted by Gasteiger charge is 2.05. The van der Waals surface area contributed by atoms with E-state index in [1.54, 1.807) is 24.3 Å². The molecule has 0 aliphatic carbocycles. The number of carbonyl (C=O) groups is 1. The normalized spacial score (nSPS) is 10.8. The van der Waals surface area contributed by atoms with Crippen molar-refractivity contribution in [1.29, 1.82) is 5.26 Å². The van der Waals surface area contributed by atoms with E-state index in [1.165, 1.54) is 0 Å². The number of ether oxygens (including phenoxy) is 1. The summed E-state index contributed by atoms with van der Waals surface area (Å²) >= 11 is 3.39. The van der Waals surface area contributed by atoms with E-state index in [2.05, 4.69) is 26.5 Å². The first kappa shape index (κ1) is 17.7. The van der Waals surface area contributed by atoms with Crippen molar-refractivity contribution in [2.75, 3.05) is 6.61 Å². The molecular weight excluding hydrogens is 370 g/mol. The van der Waals surface area contributed by atoms with Crippen LogP contribution >= 0.6 is 15.9 Å². The first-order chi connectivity index (χ1) is 11.6. The number of hydrogen-bond donors (Lipinski definition) is 1. The van der Waals surface area contributed by atoms with Gasteiger partial charge in [0.25, 0.3) is 5.91 Å². The van der Waals surface area contributed by atoms with Crippen LogP contribution in [0.1, 0.15) is 24.5 Å². The van der Waals surface area contributed by atoms with Gasteiger partial charge in [-0.25, -0.2) is 5.43 Å². The largest absolute Gasteiger partial charge is 0.484 e. The van der Waals surface area contributed by atoms with Crippen molar-refractivity contribution >= 4 is 27.5 Å². The minimum absolute atomic E-state index is 0.146. The predicted molar refractivity (Wildman–Crippen MR) is 95.8 cm³/mol. The first-order valence-electron chi connectivity index (χ1n) is 7.36. The number of halogens is 1. The molecule has 2 aromatic rings. The highest BCUT2D eigenvalue weighted by atomic mass is 79.9. The molecular formula is C18H16BrN3O2. The summed E-state index contributed by atoms with van der Waals surface area (Å²) in [6.45, 7) is 1.83. The number of hydrazone groups is 1. The number of hydrogen-bond acceptors (Lipinski definition) is 4. The molecule has 0 atom stereocenters. The minimum Gasteiger partial charge on any atom is -0.484 e. The van der Waals surface area contributed by atoms with Crippen molar-refractivity contribution in [1.82, 2.24) is 5.43 Å². The van der Waals surface area contributed by atoms with Crippen LogP contribution in [0.4, 0.5) is 0 Å². The summed E-state index contributed by atoms with van der Waals surface area (Å²) in [5.74, 6) is 0.180. The Labute approximate surface area is 149 Å². The molecule has 2 aromatic carbocycles. The van der Waals surface area contributed by atoms with Gasteiger partial charge in [0, 0.05) is 4.47 Å². The molecule has 1 amide bonds. The van der Waals surface area contributed by atoms with Crippen LogP contribution in [0.3, 0.4) is 0 Å². The van der Waals surface area contributed by atoms with E-state index < -0.39 is 0 Å². The molecule has 0 saturated carbocycles. The third-order valence-electron chi connectivity index (χ3n) is 3.18. The van der Waals surface area contributed by atoms with Crippen LogP contribution in [0.2, 0.25) is 0 Å². The monoisotopic (exact) mass is 385 g/mol. The lowest BCUT2D eigenvalue weighted by atomic mass is 10.1. The highest BCUT2D eigenvalue weighted by molar-refractivity contribution is 9.10. The standard InChI is InChI=1S/C18H16BrN3O2/c1-2-17(14-5-7-15(19)8-6-14)21-22-18(23)12-24-16-9-3-13(11-20)4-10-16/h3-10H,2,12H2,1H3,(H,22,23)/b21-17-. The number of nitrogens with zero attached hydrogens (tertiary/aromatic N) is 2. The molecule has 1 N–H and O–H groups in total. The Morgan fingerprint density at radius 2 is 1.88 bits per heavy atom. The van der Waals surface area contributed by atoms with Crippen LogP contribution in [0.15, 0.2) is 58.1 Å². The Hall–Kier alpha value is -2.65. The number of nitriles is 1. The summed E-state index contributed by atoms with van der Waals surface area (Å²) < 4.78 is 6.35. The lowest BCUT2D eigenvalue weighted by Gasteiger charge is -2.07. The summed E-state index contributed by atoms with van der Waals surface area (Å²) in [4.78, 5) is 11.8. The van der Waals surface area contributed by atoms with E-state index in [0.29, 0.717) is 17.7 Å². The van der Waals surface area contributed by atoms with Gasteiger partial charge >= 0.3 is 0 Å². The Morgan fingerprint density at radius 3 is 2.46 bits per heavy atom. The Morgan fingerprint density at radius 1 is 1.21 bits per heavy atom.